The van der Waals surface area contributed by atoms with Crippen molar-refractivity contribution < 1.29 is 14.3 Å². The molecule has 0 fully saturated rings. The lowest BCUT2D eigenvalue weighted by molar-refractivity contribution is -0.144. The molecule has 0 unspecified atom stereocenters. The number of hydrogen-bond acceptors (Lipinski definition) is 2. The molecule has 0 bridgehead atoms. The van der Waals surface area contributed by atoms with Crippen molar-refractivity contribution in [3.8, 4) is 0 Å². The number of carbonyl (C=O) groups is 1. The van der Waals surface area contributed by atoms with E-state index in [1.54, 1.807) is 0 Å². The Hall–Kier alpha value is -0.640. The van der Waals surface area contributed by atoms with Crippen molar-refractivity contribution in [3.63, 3.8) is 0 Å². The molecule has 0 aromatic heterocycles. The van der Waals surface area contributed by atoms with Crippen LogP contribution in [0.25, 0.3) is 0 Å². The highest BCUT2D eigenvalue weighted by atomic mass is 18.2. The molecule has 66 valence electrons. The third-order valence-corrected chi connectivity index (χ3v) is 1.28. The number of hydrogen-bond donors (Lipinski definition) is 2. The van der Waals surface area contributed by atoms with Crippen LogP contribution in [0.5, 0.6) is 0 Å². The van der Waals surface area contributed by atoms with Gasteiger partial charge in [-0.1, -0.05) is 0 Å². The molecule has 0 saturated heterocycles. The van der Waals surface area contributed by atoms with E-state index in [2.05, 4.69) is 0 Å². The predicted molar refractivity (Wildman–Crippen MR) is 40.0 cm³/mol. The van der Waals surface area contributed by atoms with Gasteiger partial charge in [0, 0.05) is 6.42 Å². The van der Waals surface area contributed by atoms with Gasteiger partial charge in [-0.3, -0.25) is 4.79 Å². The summed E-state index contributed by atoms with van der Waals surface area (Å²) in [6.07, 6.45) is -0.185. The summed E-state index contributed by atoms with van der Waals surface area (Å²) in [5, 5.41) is 8.51. The summed E-state index contributed by atoms with van der Waals surface area (Å²) in [6, 6.07) is 0. The summed E-state index contributed by atoms with van der Waals surface area (Å²) < 4.78 is 12.9. The fraction of sp³-hybridized carbons (Fsp3) is 0.857. The first kappa shape index (κ1) is 10.4. The SMILES string of the molecule is CC(C)([18F])C[C@](C)(N)C(=O)O. The van der Waals surface area contributed by atoms with Crippen LogP contribution in [-0.4, -0.2) is 22.3 Å². The summed E-state index contributed by atoms with van der Waals surface area (Å²) in [7, 11) is 0. The quantitative estimate of drug-likeness (QED) is 0.648. The minimum atomic E-state index is -1.54. The van der Waals surface area contributed by atoms with Crippen LogP contribution in [0.15, 0.2) is 0 Å². The average molecular weight is 162 g/mol. The first-order valence-corrected chi connectivity index (χ1v) is 3.36. The monoisotopic (exact) mass is 162 g/mol. The molecule has 0 radical (unpaired) electrons. The molecule has 0 aromatic carbocycles. The van der Waals surface area contributed by atoms with Crippen molar-refractivity contribution in [3.05, 3.63) is 0 Å². The zero-order valence-corrected chi connectivity index (χ0v) is 7.02. The van der Waals surface area contributed by atoms with Crippen molar-refractivity contribution in [2.75, 3.05) is 0 Å². The number of alkyl halides is 1. The molecule has 11 heavy (non-hydrogen) atoms. The van der Waals surface area contributed by atoms with Crippen LogP contribution in [0, 0.1) is 0 Å². The van der Waals surface area contributed by atoms with Crippen molar-refractivity contribution in [2.45, 2.75) is 38.4 Å². The minimum absolute atomic E-state index is 0.185. The summed E-state index contributed by atoms with van der Waals surface area (Å²) in [5.41, 5.74) is 2.29. The van der Waals surface area contributed by atoms with Crippen LogP contribution in [0.1, 0.15) is 27.2 Å². The highest BCUT2D eigenvalue weighted by Crippen LogP contribution is 2.21. The largest absolute Gasteiger partial charge is 0.480 e. The topological polar surface area (TPSA) is 63.3 Å². The Morgan fingerprint density at radius 1 is 1.55 bits per heavy atom. The Balaban J connectivity index is 4.25. The third kappa shape index (κ3) is 3.93. The second-order valence-corrected chi connectivity index (χ2v) is 3.62. The lowest BCUT2D eigenvalue weighted by atomic mass is 9.90. The molecule has 0 aliphatic rings. The maximum atomic E-state index is 12.9. The molecule has 3 nitrogen and oxygen atoms in total. The van der Waals surface area contributed by atoms with E-state index in [9.17, 15) is 9.18 Å². The summed E-state index contributed by atoms with van der Waals surface area (Å²) >= 11 is 0. The average Bonchev–Trinajstić information content (AvgIpc) is 1.56. The fourth-order valence-corrected chi connectivity index (χ4v) is 0.949. The second kappa shape index (κ2) is 2.77. The molecular weight excluding hydrogens is 148 g/mol. The van der Waals surface area contributed by atoms with Gasteiger partial charge in [0.1, 0.15) is 11.2 Å². The van der Waals surface area contributed by atoms with Gasteiger partial charge < -0.3 is 10.8 Å². The minimum Gasteiger partial charge on any atom is -0.480 e. The molecule has 0 aliphatic heterocycles. The number of nitrogens with two attached hydrogens (primary N) is 1. The number of halogens is 1. The van der Waals surface area contributed by atoms with Crippen molar-refractivity contribution in [1.82, 2.24) is 0 Å². The molecule has 1 atom stereocenters. The Morgan fingerprint density at radius 2 is 1.91 bits per heavy atom. The predicted octanol–water partition coefficient (Wildman–Crippen LogP) is 0.927. The first-order chi connectivity index (χ1) is 4.65. The summed E-state index contributed by atoms with van der Waals surface area (Å²) in [5.74, 6) is -1.18. The van der Waals surface area contributed by atoms with E-state index in [1.807, 2.05) is 0 Å². The number of aliphatic carboxylic acids is 1. The first-order valence-electron chi connectivity index (χ1n) is 3.36. The molecule has 0 rings (SSSR count). The molecule has 0 spiro atoms. The molecule has 3 N–H and O–H groups in total. The Kier molecular flexibility index (Phi) is 2.61. The Morgan fingerprint density at radius 3 is 2.00 bits per heavy atom. The fourth-order valence-electron chi connectivity index (χ4n) is 0.949. The number of rotatable bonds is 3. The lowest BCUT2D eigenvalue weighted by Gasteiger charge is -2.25. The van der Waals surface area contributed by atoms with Gasteiger partial charge in [-0.05, 0) is 20.8 Å². The molecular formula is C7H14FNO2. The van der Waals surface area contributed by atoms with Crippen molar-refractivity contribution in [1.29, 1.82) is 0 Å². The third-order valence-electron chi connectivity index (χ3n) is 1.28. The van der Waals surface area contributed by atoms with Gasteiger partial charge in [0.05, 0.1) is 0 Å². The van der Waals surface area contributed by atoms with E-state index in [4.69, 9.17) is 10.8 Å². The van der Waals surface area contributed by atoms with Gasteiger partial charge in [0.2, 0.25) is 0 Å². The standard InChI is InChI=1S/C7H14FNO2/c1-6(2,8)4-7(3,9)5(10)11/h4,9H2,1-3H3,(H,10,11)/t7-/m0/s1/i8-1. The van der Waals surface area contributed by atoms with E-state index in [0.29, 0.717) is 0 Å². The lowest BCUT2D eigenvalue weighted by Crippen LogP contribution is -2.48. The van der Waals surface area contributed by atoms with E-state index in [-0.39, 0.29) is 6.42 Å². The molecule has 0 saturated carbocycles. The Bertz CT molecular complexity index is 160. The van der Waals surface area contributed by atoms with E-state index < -0.39 is 17.2 Å². The highest BCUT2D eigenvalue weighted by Gasteiger charge is 2.35. The van der Waals surface area contributed by atoms with Crippen LogP contribution in [0.2, 0.25) is 0 Å². The van der Waals surface area contributed by atoms with Gasteiger partial charge in [-0.15, -0.1) is 0 Å². The van der Waals surface area contributed by atoms with E-state index in [1.165, 1.54) is 20.8 Å². The molecule has 0 aliphatic carbocycles. The Labute approximate surface area is 65.4 Å². The normalized spacial score (nSPS) is 17.5. The van der Waals surface area contributed by atoms with Crippen molar-refractivity contribution >= 4 is 5.97 Å². The van der Waals surface area contributed by atoms with Gasteiger partial charge in [0.25, 0.3) is 0 Å². The van der Waals surface area contributed by atoms with Crippen LogP contribution in [0.4, 0.5) is 4.39 Å². The summed E-state index contributed by atoms with van der Waals surface area (Å²) in [4.78, 5) is 10.4. The second-order valence-electron chi connectivity index (χ2n) is 3.62. The van der Waals surface area contributed by atoms with Gasteiger partial charge in [0.15, 0.2) is 0 Å². The van der Waals surface area contributed by atoms with E-state index >= 15 is 0 Å². The maximum absolute atomic E-state index is 12.9. The van der Waals surface area contributed by atoms with Gasteiger partial charge in [-0.25, -0.2) is 4.39 Å². The highest BCUT2D eigenvalue weighted by molar-refractivity contribution is 5.77. The van der Waals surface area contributed by atoms with Crippen LogP contribution in [-0.2, 0) is 4.79 Å². The summed E-state index contributed by atoms with van der Waals surface area (Å²) in [6.45, 7) is 3.92. The zero-order chi connectivity index (χ0) is 9.28. The number of carboxylic acid groups (broad SMARTS) is 1. The van der Waals surface area contributed by atoms with Gasteiger partial charge >= 0.3 is 5.97 Å². The maximum Gasteiger partial charge on any atom is 0.323 e. The van der Waals surface area contributed by atoms with Crippen LogP contribution >= 0.6 is 0 Å². The molecule has 0 heterocycles. The smallest absolute Gasteiger partial charge is 0.323 e. The number of carboxylic acids is 1. The molecule has 0 amide bonds. The van der Waals surface area contributed by atoms with Crippen molar-refractivity contribution in [2.24, 2.45) is 5.73 Å². The zero-order valence-electron chi connectivity index (χ0n) is 7.02. The van der Waals surface area contributed by atoms with Gasteiger partial charge in [-0.2, -0.15) is 0 Å². The molecule has 0 aromatic rings. The van der Waals surface area contributed by atoms with E-state index in [0.717, 1.165) is 0 Å². The molecule has 4 heteroatoms. The van der Waals surface area contributed by atoms with Crippen LogP contribution < -0.4 is 5.73 Å². The van der Waals surface area contributed by atoms with Crippen LogP contribution in [0.3, 0.4) is 0 Å².